The Morgan fingerprint density at radius 2 is 2.12 bits per heavy atom. The van der Waals surface area contributed by atoms with E-state index in [1.54, 1.807) is 0 Å². The van der Waals surface area contributed by atoms with Crippen LogP contribution in [0, 0.1) is 0 Å². The average Bonchev–Trinajstić information content (AvgIpc) is 3.23. The van der Waals surface area contributed by atoms with Crippen LogP contribution in [-0.4, -0.2) is 24.6 Å². The lowest BCUT2D eigenvalue weighted by Gasteiger charge is -2.05. The van der Waals surface area contributed by atoms with Crippen molar-refractivity contribution in [3.63, 3.8) is 0 Å². The minimum absolute atomic E-state index is 0.0218. The van der Waals surface area contributed by atoms with Crippen LogP contribution in [0.25, 0.3) is 10.8 Å². The van der Waals surface area contributed by atoms with E-state index >= 15 is 0 Å². The first-order valence-corrected chi connectivity index (χ1v) is 9.51. The number of hydrogen-bond donors (Lipinski definition) is 1. The van der Waals surface area contributed by atoms with Crippen molar-refractivity contribution >= 4 is 38.9 Å². The Hall–Kier alpha value is -2.27. The zero-order valence-corrected chi connectivity index (χ0v) is 14.8. The van der Waals surface area contributed by atoms with Gasteiger partial charge in [0.1, 0.15) is 4.90 Å². The number of nitrogens with zero attached hydrogens (tertiary/aromatic N) is 2. The molecule has 130 valence electrons. The third kappa shape index (κ3) is 4.04. The topological polar surface area (TPSA) is 125 Å². The van der Waals surface area contributed by atoms with Crippen LogP contribution in [0.3, 0.4) is 0 Å². The predicted molar refractivity (Wildman–Crippen MR) is 89.6 cm³/mol. The molecule has 0 amide bonds. The molecule has 0 unspecified atom stereocenters. The van der Waals surface area contributed by atoms with Gasteiger partial charge in [-0.15, -0.1) is 21.5 Å². The highest BCUT2D eigenvalue weighted by Gasteiger charge is 2.18. The Balaban J connectivity index is 1.71. The molecule has 0 atom stereocenters. The van der Waals surface area contributed by atoms with Crippen LogP contribution in [0.5, 0.6) is 0 Å². The summed E-state index contributed by atoms with van der Waals surface area (Å²) >= 11 is 7.20. The summed E-state index contributed by atoms with van der Waals surface area (Å²) in [6.45, 7) is -0.259. The van der Waals surface area contributed by atoms with Crippen LogP contribution in [0.4, 0.5) is 0 Å². The van der Waals surface area contributed by atoms with Gasteiger partial charge in [-0.3, -0.25) is 0 Å². The number of carbonyl (C=O) groups is 1. The first kappa shape index (κ1) is 17.5. The molecule has 11 heteroatoms. The van der Waals surface area contributed by atoms with Gasteiger partial charge in [-0.2, -0.15) is 0 Å². The maximum Gasteiger partial charge on any atom is 0.338 e. The molecule has 0 bridgehead atoms. The fraction of sp³-hybridized carbons (Fsp3) is 0.0714. The number of aromatic nitrogens is 2. The van der Waals surface area contributed by atoms with Gasteiger partial charge in [0.25, 0.3) is 11.8 Å². The Bertz CT molecular complexity index is 1020. The summed E-state index contributed by atoms with van der Waals surface area (Å²) in [6.07, 6.45) is 0. The molecule has 0 fully saturated rings. The number of rotatable bonds is 5. The summed E-state index contributed by atoms with van der Waals surface area (Å²) in [6, 6.07) is 7.28. The van der Waals surface area contributed by atoms with Crippen molar-refractivity contribution in [2.45, 2.75) is 11.5 Å². The number of esters is 1. The fourth-order valence-corrected chi connectivity index (χ4v) is 3.59. The average molecular weight is 400 g/mol. The molecule has 0 aliphatic heterocycles. The zero-order valence-electron chi connectivity index (χ0n) is 12.4. The van der Waals surface area contributed by atoms with Gasteiger partial charge in [0, 0.05) is 0 Å². The smallest absolute Gasteiger partial charge is 0.338 e. The minimum Gasteiger partial charge on any atom is -0.452 e. The van der Waals surface area contributed by atoms with Gasteiger partial charge in [-0.25, -0.2) is 18.4 Å². The minimum atomic E-state index is -4.06. The molecule has 1 aromatic carbocycles. The molecule has 2 aromatic heterocycles. The Labute approximate surface area is 151 Å². The SMILES string of the molecule is NS(=O)(=O)c1cc(C(=O)OCc2nnc(-c3cccs3)o2)ccc1Cl. The third-order valence-electron chi connectivity index (χ3n) is 3.00. The summed E-state index contributed by atoms with van der Waals surface area (Å²) in [7, 11) is -4.06. The predicted octanol–water partition coefficient (Wildman–Crippen LogP) is 2.46. The monoisotopic (exact) mass is 399 g/mol. The van der Waals surface area contributed by atoms with Crippen LogP contribution in [0.2, 0.25) is 5.02 Å². The van der Waals surface area contributed by atoms with Crippen molar-refractivity contribution < 1.29 is 22.4 Å². The number of benzene rings is 1. The van der Waals surface area contributed by atoms with Crippen LogP contribution >= 0.6 is 22.9 Å². The maximum absolute atomic E-state index is 12.1. The van der Waals surface area contributed by atoms with Crippen molar-refractivity contribution in [1.82, 2.24) is 10.2 Å². The summed E-state index contributed by atoms with van der Waals surface area (Å²) in [5, 5.41) is 14.5. The highest BCUT2D eigenvalue weighted by Crippen LogP contribution is 2.24. The lowest BCUT2D eigenvalue weighted by molar-refractivity contribution is 0.0438. The first-order valence-electron chi connectivity index (χ1n) is 6.70. The number of primary sulfonamides is 1. The molecule has 0 aliphatic rings. The summed E-state index contributed by atoms with van der Waals surface area (Å²) in [5.74, 6) is -0.348. The molecular formula is C14H10ClN3O5S2. The van der Waals surface area contributed by atoms with Crippen molar-refractivity contribution in [2.75, 3.05) is 0 Å². The van der Waals surface area contributed by atoms with Gasteiger partial charge in [-0.05, 0) is 29.6 Å². The van der Waals surface area contributed by atoms with E-state index < -0.39 is 16.0 Å². The van der Waals surface area contributed by atoms with Gasteiger partial charge in [0.2, 0.25) is 10.0 Å². The molecule has 0 saturated carbocycles. The number of ether oxygens (including phenoxy) is 1. The second kappa shape index (κ2) is 6.92. The molecule has 8 nitrogen and oxygen atoms in total. The number of nitrogens with two attached hydrogens (primary N) is 1. The highest BCUT2D eigenvalue weighted by atomic mass is 35.5. The van der Waals surface area contributed by atoms with Crippen LogP contribution in [-0.2, 0) is 21.4 Å². The van der Waals surface area contributed by atoms with Gasteiger partial charge in [0.15, 0.2) is 6.61 Å². The standard InChI is InChI=1S/C14H10ClN3O5S2/c15-9-4-3-8(6-11(9)25(16,20)21)14(19)22-7-12-17-18-13(23-12)10-2-1-5-24-10/h1-6H,7H2,(H2,16,20,21). The van der Waals surface area contributed by atoms with E-state index in [-0.39, 0.29) is 28.0 Å². The zero-order chi connectivity index (χ0) is 18.0. The van der Waals surface area contributed by atoms with Crippen molar-refractivity contribution in [3.8, 4) is 10.8 Å². The van der Waals surface area contributed by atoms with E-state index in [1.807, 2.05) is 17.5 Å². The maximum atomic E-state index is 12.1. The molecule has 0 aliphatic carbocycles. The molecular weight excluding hydrogens is 390 g/mol. The van der Waals surface area contributed by atoms with Gasteiger partial charge in [-0.1, -0.05) is 17.7 Å². The van der Waals surface area contributed by atoms with Crippen LogP contribution in [0.1, 0.15) is 16.2 Å². The van der Waals surface area contributed by atoms with Gasteiger partial charge in [0.05, 0.1) is 15.5 Å². The van der Waals surface area contributed by atoms with E-state index in [0.717, 1.165) is 10.9 Å². The summed E-state index contributed by atoms with van der Waals surface area (Å²) < 4.78 is 33.3. The molecule has 0 saturated heterocycles. The van der Waals surface area contributed by atoms with Crippen molar-refractivity contribution in [1.29, 1.82) is 0 Å². The van der Waals surface area contributed by atoms with Crippen molar-refractivity contribution in [2.24, 2.45) is 5.14 Å². The number of halogens is 1. The Morgan fingerprint density at radius 1 is 1.32 bits per heavy atom. The van der Waals surface area contributed by atoms with Gasteiger partial charge < -0.3 is 9.15 Å². The quantitative estimate of drug-likeness (QED) is 0.653. The second-order valence-electron chi connectivity index (χ2n) is 4.74. The Kier molecular flexibility index (Phi) is 4.86. The lowest BCUT2D eigenvalue weighted by Crippen LogP contribution is -2.14. The summed E-state index contributed by atoms with van der Waals surface area (Å²) in [4.78, 5) is 12.5. The summed E-state index contributed by atoms with van der Waals surface area (Å²) in [5.41, 5.74) is -0.0218. The highest BCUT2D eigenvalue weighted by molar-refractivity contribution is 7.89. The van der Waals surface area contributed by atoms with Crippen LogP contribution in [0.15, 0.2) is 45.0 Å². The van der Waals surface area contributed by atoms with E-state index in [9.17, 15) is 13.2 Å². The molecule has 25 heavy (non-hydrogen) atoms. The Morgan fingerprint density at radius 3 is 2.80 bits per heavy atom. The molecule has 2 N–H and O–H groups in total. The van der Waals surface area contributed by atoms with Crippen LogP contribution < -0.4 is 5.14 Å². The number of carbonyl (C=O) groups excluding carboxylic acids is 1. The van der Waals surface area contributed by atoms with Gasteiger partial charge >= 0.3 is 5.97 Å². The molecule has 3 rings (SSSR count). The molecule has 0 spiro atoms. The molecule has 2 heterocycles. The number of sulfonamides is 1. The first-order chi connectivity index (χ1) is 11.8. The lowest BCUT2D eigenvalue weighted by atomic mass is 10.2. The fourth-order valence-electron chi connectivity index (χ4n) is 1.87. The molecule has 3 aromatic rings. The van der Waals surface area contributed by atoms with Crippen molar-refractivity contribution in [3.05, 3.63) is 52.2 Å². The number of hydrogen-bond acceptors (Lipinski definition) is 8. The van der Waals surface area contributed by atoms with E-state index in [0.29, 0.717) is 5.89 Å². The van der Waals surface area contributed by atoms with E-state index in [1.165, 1.54) is 23.5 Å². The largest absolute Gasteiger partial charge is 0.452 e. The van der Waals surface area contributed by atoms with E-state index in [4.69, 9.17) is 25.9 Å². The molecule has 0 radical (unpaired) electrons. The number of thiophene rings is 1. The second-order valence-corrected chi connectivity index (χ2v) is 7.63. The van der Waals surface area contributed by atoms with E-state index in [2.05, 4.69) is 10.2 Å². The third-order valence-corrected chi connectivity index (χ3v) is 5.25. The normalized spacial score (nSPS) is 11.4.